The molecule has 2 aromatic carbocycles. The fraction of sp³-hybridized carbons (Fsp3) is 0.509. The Hall–Kier alpha value is -6.86. The maximum atomic E-state index is 16.1. The first-order chi connectivity index (χ1) is 38.6. The number of halogens is 4. The zero-order valence-electron chi connectivity index (χ0n) is 46.1. The number of unbranched alkanes of at least 4 members (excludes halogenated alkanes) is 1. The number of thiazole rings is 1. The number of nitrogens with two attached hydrogens (primary N) is 2. The van der Waals surface area contributed by atoms with Gasteiger partial charge >= 0.3 is 0 Å². The first kappa shape index (κ1) is 58.8. The van der Waals surface area contributed by atoms with Crippen molar-refractivity contribution in [1.29, 1.82) is 0 Å². The van der Waals surface area contributed by atoms with E-state index in [1.807, 2.05) is 58.9 Å². The monoisotopic (exact) mass is 1140 g/mol. The molecule has 6 aromatic rings. The predicted octanol–water partition coefficient (Wildman–Crippen LogP) is 6.54. The Morgan fingerprint density at radius 3 is 2.43 bits per heavy atom. The molecule has 3 aliphatic heterocycles. The maximum absolute atomic E-state index is 16.1. The van der Waals surface area contributed by atoms with E-state index in [0.717, 1.165) is 33.8 Å². The van der Waals surface area contributed by atoms with Crippen LogP contribution >= 0.6 is 11.3 Å². The summed E-state index contributed by atoms with van der Waals surface area (Å²) in [6, 6.07) is 9.27. The number of nitrogens with one attached hydrogen (secondary N) is 2. The van der Waals surface area contributed by atoms with Crippen LogP contribution < -0.4 is 31.7 Å². The van der Waals surface area contributed by atoms with E-state index in [4.69, 9.17) is 16.2 Å². The summed E-state index contributed by atoms with van der Waals surface area (Å²) in [5.41, 5.74) is 16.5. The number of β-amino-alcohol motifs (C(OH)–C–C–N with tert-alkyl or cyclic N) is 1. The lowest BCUT2D eigenvalue weighted by Gasteiger charge is -2.44. The van der Waals surface area contributed by atoms with Gasteiger partial charge in [0.25, 0.3) is 6.43 Å². The fourth-order valence-corrected chi connectivity index (χ4v) is 12.0. The predicted molar refractivity (Wildman–Crippen MR) is 299 cm³/mol. The average Bonchev–Trinajstić information content (AvgIpc) is 4.22. The first-order valence-electron chi connectivity index (χ1n) is 27.4. The number of fused-ring (bicyclic) bond motifs is 1. The van der Waals surface area contributed by atoms with E-state index in [1.165, 1.54) is 23.8 Å². The van der Waals surface area contributed by atoms with Gasteiger partial charge < -0.3 is 56.3 Å². The second-order valence-electron chi connectivity index (χ2n) is 22.8. The van der Waals surface area contributed by atoms with Crippen molar-refractivity contribution >= 4 is 51.7 Å². The molecule has 0 aliphatic carbocycles. The van der Waals surface area contributed by atoms with Gasteiger partial charge in [-0.3, -0.25) is 19.4 Å². The smallest absolute Gasteiger partial charge is 0.265 e. The highest BCUT2D eigenvalue weighted by atomic mass is 32.1. The van der Waals surface area contributed by atoms with Gasteiger partial charge in [0.15, 0.2) is 23.0 Å². The van der Waals surface area contributed by atoms with Gasteiger partial charge in [0.1, 0.15) is 42.0 Å². The van der Waals surface area contributed by atoms with Gasteiger partial charge in [0.05, 0.1) is 64.2 Å². The number of nitrogens with zero attached hydrogens (tertiary/aromatic N) is 9. The number of likely N-dealkylation sites (tertiary alicyclic amines) is 2. The van der Waals surface area contributed by atoms with Crippen molar-refractivity contribution in [2.45, 2.75) is 141 Å². The number of hydrogen-bond donors (Lipinski definition) is 6. The number of nitrogen functional groups attached to an aromatic ring is 1. The summed E-state index contributed by atoms with van der Waals surface area (Å²) in [5.74, 6) is -2.77. The summed E-state index contributed by atoms with van der Waals surface area (Å²) in [4.78, 5) is 69.4. The van der Waals surface area contributed by atoms with Gasteiger partial charge in [-0.05, 0) is 93.2 Å². The van der Waals surface area contributed by atoms with Crippen molar-refractivity contribution in [3.8, 4) is 27.4 Å². The molecule has 9 rings (SSSR count). The second-order valence-corrected chi connectivity index (χ2v) is 23.7. The van der Waals surface area contributed by atoms with Crippen molar-refractivity contribution in [3.63, 3.8) is 0 Å². The highest BCUT2D eigenvalue weighted by molar-refractivity contribution is 7.13. The zero-order valence-corrected chi connectivity index (χ0v) is 46.9. The van der Waals surface area contributed by atoms with E-state index < -0.39 is 65.3 Å². The van der Waals surface area contributed by atoms with E-state index in [-0.39, 0.29) is 79.6 Å². The van der Waals surface area contributed by atoms with Crippen LogP contribution in [0.25, 0.3) is 32.9 Å². The molecule has 6 atom stereocenters. The van der Waals surface area contributed by atoms with Gasteiger partial charge in [0.2, 0.25) is 17.7 Å². The number of aliphatic hydroxyl groups is 2. The van der Waals surface area contributed by atoms with Crippen LogP contribution in [0, 0.1) is 24.0 Å². The van der Waals surface area contributed by atoms with Crippen molar-refractivity contribution in [2.24, 2.45) is 11.1 Å². The third-order valence-electron chi connectivity index (χ3n) is 15.8. The summed E-state index contributed by atoms with van der Waals surface area (Å²) >= 11 is 1.56. The van der Waals surface area contributed by atoms with Crippen LogP contribution in [0.2, 0.25) is 0 Å². The normalized spacial score (nSPS) is 20.4. The Morgan fingerprint density at radius 2 is 1.73 bits per heavy atom. The Kier molecular flexibility index (Phi) is 17.9. The number of piperidine rings is 2. The average molecular weight is 1140 g/mol. The van der Waals surface area contributed by atoms with Crippen molar-refractivity contribution < 1.29 is 46.9 Å². The highest BCUT2D eigenvalue weighted by Gasteiger charge is 2.46. The number of ether oxygens (including phenoxy) is 1. The Bertz CT molecular complexity index is 3210. The summed E-state index contributed by atoms with van der Waals surface area (Å²) in [5, 5.41) is 27.1. The molecule has 0 saturated carbocycles. The third-order valence-corrected chi connectivity index (χ3v) is 16.8. The number of alkyl halides is 2. The lowest BCUT2D eigenvalue weighted by molar-refractivity contribution is -0.144. The molecule has 0 bridgehead atoms. The number of hydrogen-bond acceptors (Lipinski definition) is 16. The van der Waals surface area contributed by atoms with Crippen LogP contribution in [-0.2, 0) is 20.9 Å². The molecule has 4 aromatic heterocycles. The van der Waals surface area contributed by atoms with Gasteiger partial charge in [-0.1, -0.05) is 45.0 Å². The molecule has 3 amide bonds. The molecule has 3 aliphatic rings. The van der Waals surface area contributed by atoms with Crippen LogP contribution in [0.5, 0.6) is 5.75 Å². The molecule has 24 heteroatoms. The van der Waals surface area contributed by atoms with E-state index >= 15 is 8.78 Å². The van der Waals surface area contributed by atoms with Crippen LogP contribution in [0.4, 0.5) is 29.1 Å². The number of benzene rings is 2. The first-order valence-corrected chi connectivity index (χ1v) is 28.3. The Morgan fingerprint density at radius 1 is 0.975 bits per heavy atom. The largest absolute Gasteiger partial charge is 0.487 e. The maximum Gasteiger partial charge on any atom is 0.265 e. The number of aliphatic hydroxyl groups excluding tert-OH is 2. The Balaban J connectivity index is 0.764. The zero-order chi connectivity index (χ0) is 57.9. The minimum absolute atomic E-state index is 0.0336. The topological polar surface area (TPSA) is 256 Å². The molecule has 434 valence electrons. The molecule has 3 saturated heterocycles. The van der Waals surface area contributed by atoms with Gasteiger partial charge in [-0.15, -0.1) is 11.3 Å². The molecule has 0 radical (unpaired) electrons. The van der Waals surface area contributed by atoms with E-state index in [1.54, 1.807) is 32.4 Å². The van der Waals surface area contributed by atoms with Crippen LogP contribution in [-0.4, -0.2) is 149 Å². The minimum Gasteiger partial charge on any atom is -0.487 e. The molecular formula is C57H71F4N13O6S. The summed E-state index contributed by atoms with van der Waals surface area (Å²) in [6.07, 6.45) is 0.960. The molecular weight excluding hydrogens is 1070 g/mol. The lowest BCUT2D eigenvalue weighted by atomic mass is 9.84. The van der Waals surface area contributed by atoms with E-state index in [0.29, 0.717) is 80.7 Å². The molecule has 8 N–H and O–H groups in total. The SMILES string of the molecule is Cc1ncsc1-c1ccc([C@H](C)NC(=O)[C@@H]2C[C@@H](O)CN2C(=O)[C@@H](NC(=O)CCCCN2CCC(Oc3cc(F)c(-c4cc(Cn5cnc6c(N)ncnc65)c(N5CCC[C@](N)([C@H](O)C(F)F)C5)cn4)cc3F)CC2)C(C)(C)C)cc1. The van der Waals surface area contributed by atoms with Crippen molar-refractivity contribution in [1.82, 2.24) is 49.9 Å². The molecule has 7 heterocycles. The second kappa shape index (κ2) is 24.7. The van der Waals surface area contributed by atoms with E-state index in [2.05, 4.69) is 40.5 Å². The van der Waals surface area contributed by atoms with Gasteiger partial charge in [-0.25, -0.2) is 37.5 Å². The summed E-state index contributed by atoms with van der Waals surface area (Å²) in [6.45, 7) is 11.7. The van der Waals surface area contributed by atoms with Crippen LogP contribution in [0.3, 0.4) is 0 Å². The fourth-order valence-electron chi connectivity index (χ4n) is 11.2. The standard InChI is InChI=1S/C57H71F4N13O6S/c1-32(34-10-12-35(13-11-34)48-33(2)68-31-81-48)69-54(78)43-22-37(75)27-74(43)55(79)49(56(3,4)5)70-46(76)9-6-7-17-71-19-14-38(15-20-71)80-45-24-40(58)39(23-41(45)59)42-21-36(26-73-30-67-47-52(62)65-29-66-53(47)73)44(25-64-42)72-18-8-16-57(63,28-72)50(77)51(60)61/h10-13,21,23-25,29-32,37-38,43,49-51,75,77H,6-9,14-20,22,26-28,63H2,1-5H3,(H,69,78)(H,70,76)(H2,62,65,66)/t32-,37+,43-,49+,50+,57+/m0/s1. The molecule has 81 heavy (non-hydrogen) atoms. The van der Waals surface area contributed by atoms with Crippen molar-refractivity contribution in [2.75, 3.05) is 49.9 Å². The number of anilines is 2. The lowest BCUT2D eigenvalue weighted by Crippen LogP contribution is -2.63. The van der Waals surface area contributed by atoms with Crippen molar-refractivity contribution in [3.05, 3.63) is 95.3 Å². The molecule has 19 nitrogen and oxygen atoms in total. The number of aromatic nitrogens is 6. The molecule has 3 fully saturated rings. The van der Waals surface area contributed by atoms with E-state index in [9.17, 15) is 33.4 Å². The number of rotatable bonds is 19. The number of aryl methyl sites for hydroxylation is 1. The third kappa shape index (κ3) is 13.4. The van der Waals surface area contributed by atoms with Gasteiger partial charge in [0, 0.05) is 57.2 Å². The minimum atomic E-state index is -3.06. The number of pyridine rings is 1. The van der Waals surface area contributed by atoms with Gasteiger partial charge in [-0.2, -0.15) is 0 Å². The number of imidazole rings is 1. The molecule has 0 unspecified atom stereocenters. The number of amides is 3. The summed E-state index contributed by atoms with van der Waals surface area (Å²) in [7, 11) is 0. The quantitative estimate of drug-likeness (QED) is 0.0372. The van der Waals surface area contributed by atoms with Crippen LogP contribution in [0.15, 0.2) is 66.8 Å². The van der Waals surface area contributed by atoms with Crippen LogP contribution in [0.1, 0.15) is 102 Å². The highest BCUT2D eigenvalue weighted by Crippen LogP contribution is 2.37. The molecule has 0 spiro atoms. The summed E-state index contributed by atoms with van der Waals surface area (Å²) < 4.78 is 67.3. The number of carbonyl (C=O) groups excluding carboxylic acids is 3. The Labute approximate surface area is 471 Å². The number of carbonyl (C=O) groups is 3.